The first-order valence-corrected chi connectivity index (χ1v) is 15.0. The van der Waals surface area contributed by atoms with E-state index in [1.807, 2.05) is 52.0 Å². The first-order chi connectivity index (χ1) is 20.4. The summed E-state index contributed by atoms with van der Waals surface area (Å²) in [6.45, 7) is 11.8. The molecule has 0 radical (unpaired) electrons. The third-order valence-corrected chi connectivity index (χ3v) is 7.50. The Morgan fingerprint density at radius 1 is 0.977 bits per heavy atom. The van der Waals surface area contributed by atoms with Crippen molar-refractivity contribution < 1.29 is 29.0 Å². The number of fused-ring (bicyclic) bond motifs is 1. The molecule has 0 fully saturated rings. The van der Waals surface area contributed by atoms with Crippen molar-refractivity contribution in [1.29, 1.82) is 0 Å². The molecule has 3 rings (SSSR count). The molecular formula is C34H45N3O6. The molecule has 1 aliphatic heterocycles. The van der Waals surface area contributed by atoms with Gasteiger partial charge in [0.1, 0.15) is 17.8 Å². The van der Waals surface area contributed by atoms with Crippen LogP contribution < -0.4 is 10.6 Å². The molecule has 2 aromatic carbocycles. The molecule has 3 N–H and O–H groups in total. The van der Waals surface area contributed by atoms with Crippen molar-refractivity contribution in [2.75, 3.05) is 6.61 Å². The number of nitrogens with one attached hydrogen (secondary N) is 2. The second kappa shape index (κ2) is 15.4. The third kappa shape index (κ3) is 9.17. The van der Waals surface area contributed by atoms with Crippen molar-refractivity contribution in [2.45, 2.75) is 85.5 Å². The first kappa shape index (κ1) is 33.4. The number of aromatic hydroxyl groups is 1. The summed E-state index contributed by atoms with van der Waals surface area (Å²) in [6, 6.07) is 10.3. The highest BCUT2D eigenvalue weighted by atomic mass is 16.5. The number of nitrogens with zero attached hydrogens (tertiary/aromatic N) is 1. The number of phenols is 1. The van der Waals surface area contributed by atoms with Gasteiger partial charge in [-0.15, -0.1) is 0 Å². The van der Waals surface area contributed by atoms with Gasteiger partial charge in [0.25, 0.3) is 5.91 Å². The normalized spacial score (nSPS) is 16.1. The summed E-state index contributed by atoms with van der Waals surface area (Å²) >= 11 is 0. The van der Waals surface area contributed by atoms with Gasteiger partial charge in [0.15, 0.2) is 0 Å². The number of hydrogen-bond acceptors (Lipinski definition) is 6. The van der Waals surface area contributed by atoms with Gasteiger partial charge in [0.2, 0.25) is 11.8 Å². The molecule has 1 heterocycles. The highest BCUT2D eigenvalue weighted by molar-refractivity contribution is 6.00. The van der Waals surface area contributed by atoms with E-state index in [-0.39, 0.29) is 48.1 Å². The van der Waals surface area contributed by atoms with E-state index in [1.54, 1.807) is 37.0 Å². The van der Waals surface area contributed by atoms with Gasteiger partial charge < -0.3 is 25.4 Å². The standard InChI is InChI=1S/C34H45N3O6/c1-7-43-31(39)16-15-26(17-21(2)3)35-33(41)29-19-24-11-8-9-12-25(24)20-37(29)34(42)28(18-22(4)5)36-32(40)27-13-10-14-30(38)23(27)6/h8-16,21-22,26,28-29,38H,7,17-20H2,1-6H3,(H,35,41)(H,36,40)/b16-15+/t26-,28+,29+/m1/s1. The Labute approximate surface area is 254 Å². The average Bonchev–Trinajstić information content (AvgIpc) is 2.95. The zero-order chi connectivity index (χ0) is 31.7. The number of rotatable bonds is 12. The fraction of sp³-hybridized carbons (Fsp3) is 0.471. The number of ether oxygens (including phenoxy) is 1. The quantitative estimate of drug-likeness (QED) is 0.248. The van der Waals surface area contributed by atoms with Crippen molar-refractivity contribution >= 4 is 23.7 Å². The Balaban J connectivity index is 1.92. The smallest absolute Gasteiger partial charge is 0.330 e. The fourth-order valence-electron chi connectivity index (χ4n) is 5.34. The van der Waals surface area contributed by atoms with Gasteiger partial charge in [-0.05, 0) is 61.8 Å². The number of carbonyl (C=O) groups excluding carboxylic acids is 4. The number of hydrogen-bond donors (Lipinski definition) is 3. The molecule has 2 aromatic rings. The average molecular weight is 592 g/mol. The highest BCUT2D eigenvalue weighted by Gasteiger charge is 2.38. The number of benzene rings is 2. The Morgan fingerprint density at radius 2 is 1.65 bits per heavy atom. The Hall–Kier alpha value is -4.14. The molecule has 3 amide bonds. The predicted octanol–water partition coefficient (Wildman–Crippen LogP) is 4.45. The first-order valence-electron chi connectivity index (χ1n) is 15.0. The summed E-state index contributed by atoms with van der Waals surface area (Å²) in [6.07, 6.45) is 4.24. The summed E-state index contributed by atoms with van der Waals surface area (Å²) in [5.41, 5.74) is 2.63. The molecule has 0 aromatic heterocycles. The van der Waals surface area contributed by atoms with E-state index < -0.39 is 30.0 Å². The van der Waals surface area contributed by atoms with Crippen LogP contribution in [0.2, 0.25) is 0 Å². The van der Waals surface area contributed by atoms with Crippen molar-refractivity contribution in [2.24, 2.45) is 11.8 Å². The van der Waals surface area contributed by atoms with Crippen molar-refractivity contribution in [3.63, 3.8) is 0 Å². The molecule has 9 nitrogen and oxygen atoms in total. The van der Waals surface area contributed by atoms with E-state index in [4.69, 9.17) is 4.74 Å². The van der Waals surface area contributed by atoms with Crippen LogP contribution in [-0.4, -0.2) is 58.4 Å². The molecule has 0 saturated carbocycles. The van der Waals surface area contributed by atoms with Gasteiger partial charge in [-0.1, -0.05) is 64.1 Å². The lowest BCUT2D eigenvalue weighted by molar-refractivity contribution is -0.143. The highest BCUT2D eigenvalue weighted by Crippen LogP contribution is 2.26. The minimum absolute atomic E-state index is 0.00304. The van der Waals surface area contributed by atoms with Gasteiger partial charge in [-0.2, -0.15) is 0 Å². The molecule has 0 unspecified atom stereocenters. The van der Waals surface area contributed by atoms with E-state index in [0.717, 1.165) is 11.1 Å². The Bertz CT molecular complexity index is 1340. The minimum atomic E-state index is -0.884. The molecule has 43 heavy (non-hydrogen) atoms. The second-order valence-electron chi connectivity index (χ2n) is 11.9. The molecule has 232 valence electrons. The van der Waals surface area contributed by atoms with Crippen LogP contribution in [0.25, 0.3) is 0 Å². The van der Waals surface area contributed by atoms with E-state index in [1.165, 1.54) is 12.1 Å². The van der Waals surface area contributed by atoms with E-state index in [9.17, 15) is 24.3 Å². The minimum Gasteiger partial charge on any atom is -0.508 e. The van der Waals surface area contributed by atoms with Crippen molar-refractivity contribution in [1.82, 2.24) is 15.5 Å². The molecular weight excluding hydrogens is 546 g/mol. The monoisotopic (exact) mass is 591 g/mol. The topological polar surface area (TPSA) is 125 Å². The van der Waals surface area contributed by atoms with Crippen LogP contribution in [0.4, 0.5) is 0 Å². The molecule has 1 aliphatic rings. The van der Waals surface area contributed by atoms with Crippen LogP contribution >= 0.6 is 0 Å². The summed E-state index contributed by atoms with van der Waals surface area (Å²) in [7, 11) is 0. The summed E-state index contributed by atoms with van der Waals surface area (Å²) < 4.78 is 5.00. The maximum atomic E-state index is 14.2. The molecule has 0 aliphatic carbocycles. The Morgan fingerprint density at radius 3 is 2.30 bits per heavy atom. The molecule has 0 saturated heterocycles. The largest absolute Gasteiger partial charge is 0.508 e. The van der Waals surface area contributed by atoms with Crippen LogP contribution in [-0.2, 0) is 32.1 Å². The summed E-state index contributed by atoms with van der Waals surface area (Å²) in [4.78, 5) is 55.0. The van der Waals surface area contributed by atoms with E-state index >= 15 is 0 Å². The fourth-order valence-corrected chi connectivity index (χ4v) is 5.34. The molecule has 0 bridgehead atoms. The Kier molecular flexibility index (Phi) is 11.9. The van der Waals surface area contributed by atoms with Crippen molar-refractivity contribution in [3.05, 3.63) is 76.9 Å². The number of esters is 1. The number of amides is 3. The lowest BCUT2D eigenvalue weighted by atomic mass is 9.91. The van der Waals surface area contributed by atoms with Gasteiger partial charge in [-0.3, -0.25) is 14.4 Å². The van der Waals surface area contributed by atoms with Gasteiger partial charge >= 0.3 is 5.97 Å². The second-order valence-corrected chi connectivity index (χ2v) is 11.9. The summed E-state index contributed by atoms with van der Waals surface area (Å²) in [5.74, 6) is -1.33. The zero-order valence-corrected chi connectivity index (χ0v) is 26.1. The van der Waals surface area contributed by atoms with Crippen LogP contribution in [0.3, 0.4) is 0 Å². The van der Waals surface area contributed by atoms with Gasteiger partial charge in [-0.25, -0.2) is 4.79 Å². The number of phenolic OH excluding ortho intramolecular Hbond substituents is 1. The zero-order valence-electron chi connectivity index (χ0n) is 26.1. The maximum absolute atomic E-state index is 14.2. The van der Waals surface area contributed by atoms with E-state index in [0.29, 0.717) is 24.8 Å². The van der Waals surface area contributed by atoms with Crippen LogP contribution in [0.5, 0.6) is 5.75 Å². The lowest BCUT2D eigenvalue weighted by Gasteiger charge is -2.39. The van der Waals surface area contributed by atoms with Crippen LogP contribution in [0.15, 0.2) is 54.6 Å². The van der Waals surface area contributed by atoms with Gasteiger partial charge in [0.05, 0.1) is 6.61 Å². The SMILES string of the molecule is CCOC(=O)/C=C/[C@H](CC(C)C)NC(=O)[C@@H]1Cc2ccccc2CN1C(=O)[C@H](CC(C)C)NC(=O)c1cccc(O)c1C. The molecule has 0 spiro atoms. The lowest BCUT2D eigenvalue weighted by Crippen LogP contribution is -2.58. The van der Waals surface area contributed by atoms with Crippen LogP contribution in [0.1, 0.15) is 74.5 Å². The third-order valence-electron chi connectivity index (χ3n) is 7.50. The molecule has 3 atom stereocenters. The molecule has 9 heteroatoms. The maximum Gasteiger partial charge on any atom is 0.330 e. The van der Waals surface area contributed by atoms with Gasteiger partial charge in [0, 0.05) is 36.2 Å². The van der Waals surface area contributed by atoms with Crippen LogP contribution in [0, 0.1) is 18.8 Å². The predicted molar refractivity (Wildman–Crippen MR) is 165 cm³/mol. The number of carbonyl (C=O) groups is 4. The van der Waals surface area contributed by atoms with Crippen molar-refractivity contribution in [3.8, 4) is 5.75 Å². The summed E-state index contributed by atoms with van der Waals surface area (Å²) in [5, 5.41) is 16.1. The van der Waals surface area contributed by atoms with E-state index in [2.05, 4.69) is 10.6 Å².